The Balaban J connectivity index is 2.05. The van der Waals surface area contributed by atoms with E-state index >= 15 is 0 Å². The van der Waals surface area contributed by atoms with Gasteiger partial charge < -0.3 is 5.73 Å². The summed E-state index contributed by atoms with van der Waals surface area (Å²) < 4.78 is 38.8. The summed E-state index contributed by atoms with van der Waals surface area (Å²) >= 11 is 5.85. The molecule has 0 saturated carbocycles. The Bertz CT molecular complexity index is 819. The second-order valence-electron chi connectivity index (χ2n) is 4.06. The summed E-state index contributed by atoms with van der Waals surface area (Å²) in [7, 11) is 0. The van der Waals surface area contributed by atoms with E-state index in [0.717, 1.165) is 11.3 Å². The van der Waals surface area contributed by atoms with Crippen molar-refractivity contribution in [1.29, 1.82) is 0 Å². The highest BCUT2D eigenvalue weighted by atomic mass is 32.1. The zero-order valence-corrected chi connectivity index (χ0v) is 11.8. The summed E-state index contributed by atoms with van der Waals surface area (Å²) in [6, 6.07) is 6.75. The molecule has 3 rings (SSSR count). The number of benzene rings is 1. The Morgan fingerprint density at radius 1 is 1.19 bits per heavy atom. The largest absolute Gasteiger partial charge is 0.453 e. The molecule has 0 aliphatic rings. The van der Waals surface area contributed by atoms with Gasteiger partial charge in [-0.05, 0) is 0 Å². The van der Waals surface area contributed by atoms with Crippen LogP contribution in [0.2, 0.25) is 0 Å². The van der Waals surface area contributed by atoms with Crippen molar-refractivity contribution in [3.05, 3.63) is 35.7 Å². The molecule has 108 valence electrons. The minimum Gasteiger partial charge on any atom is -0.389 e. The van der Waals surface area contributed by atoms with Crippen LogP contribution in [0.15, 0.2) is 24.3 Å². The van der Waals surface area contributed by atoms with Gasteiger partial charge in [-0.25, -0.2) is 0 Å². The van der Waals surface area contributed by atoms with Gasteiger partial charge in [0.2, 0.25) is 4.96 Å². The third-order valence-corrected chi connectivity index (χ3v) is 3.84. The molecule has 1 aromatic carbocycles. The van der Waals surface area contributed by atoms with Gasteiger partial charge in [-0.1, -0.05) is 47.8 Å². The van der Waals surface area contributed by atoms with Crippen molar-refractivity contribution in [2.45, 2.75) is 6.18 Å². The van der Waals surface area contributed by atoms with Crippen LogP contribution in [0.5, 0.6) is 0 Å². The standard InChI is InChI=1S/C11H6F3N5S2/c12-11(13,14)9-16-17-10-19(9)18-8(21-10)6-3-1-5(2-4-6)7(15)20/h1-4H,(H2,15,20). The zero-order chi connectivity index (χ0) is 15.2. The van der Waals surface area contributed by atoms with Crippen molar-refractivity contribution in [3.8, 4) is 10.6 Å². The number of fused-ring (bicyclic) bond motifs is 1. The van der Waals surface area contributed by atoms with Crippen molar-refractivity contribution < 1.29 is 13.2 Å². The first kappa shape index (κ1) is 13.9. The van der Waals surface area contributed by atoms with Gasteiger partial charge in [0.1, 0.15) is 10.00 Å². The van der Waals surface area contributed by atoms with Crippen LogP contribution < -0.4 is 5.73 Å². The third kappa shape index (κ3) is 2.47. The van der Waals surface area contributed by atoms with Crippen LogP contribution >= 0.6 is 23.6 Å². The maximum Gasteiger partial charge on any atom is 0.453 e. The predicted molar refractivity (Wildman–Crippen MR) is 75.0 cm³/mol. The molecule has 3 aromatic rings. The van der Waals surface area contributed by atoms with E-state index in [1.165, 1.54) is 0 Å². The van der Waals surface area contributed by atoms with E-state index in [1.807, 2.05) is 0 Å². The number of hydrogen-bond acceptors (Lipinski definition) is 5. The summed E-state index contributed by atoms with van der Waals surface area (Å²) in [5, 5.41) is 10.9. The van der Waals surface area contributed by atoms with Crippen LogP contribution in [0.3, 0.4) is 0 Å². The molecule has 5 nitrogen and oxygen atoms in total. The monoisotopic (exact) mass is 329 g/mol. The molecule has 2 N–H and O–H groups in total. The van der Waals surface area contributed by atoms with Crippen LogP contribution in [-0.4, -0.2) is 24.8 Å². The normalized spacial score (nSPS) is 12.0. The first-order valence-corrected chi connectivity index (χ1v) is 6.78. The summed E-state index contributed by atoms with van der Waals surface area (Å²) in [6.07, 6.45) is -4.60. The minimum absolute atomic E-state index is 0.0794. The maximum atomic E-state index is 12.7. The van der Waals surface area contributed by atoms with E-state index in [1.54, 1.807) is 24.3 Å². The number of nitrogens with zero attached hydrogens (tertiary/aromatic N) is 4. The topological polar surface area (TPSA) is 69.1 Å². The fourth-order valence-electron chi connectivity index (χ4n) is 1.69. The number of rotatable bonds is 2. The van der Waals surface area contributed by atoms with Gasteiger partial charge in [0.15, 0.2) is 0 Å². The molecule has 0 fully saturated rings. The van der Waals surface area contributed by atoms with Gasteiger partial charge >= 0.3 is 6.18 Å². The van der Waals surface area contributed by atoms with E-state index < -0.39 is 12.0 Å². The molecular formula is C11H6F3N5S2. The molecule has 0 spiro atoms. The Kier molecular flexibility index (Phi) is 3.14. The first-order valence-electron chi connectivity index (χ1n) is 5.56. The Labute approximate surface area is 125 Å². The molecular weight excluding hydrogens is 323 g/mol. The summed E-state index contributed by atoms with van der Waals surface area (Å²) in [5.41, 5.74) is 6.81. The predicted octanol–water partition coefficient (Wildman–Crippen LogP) is 2.51. The number of aromatic nitrogens is 4. The lowest BCUT2D eigenvalue weighted by atomic mass is 10.1. The third-order valence-electron chi connectivity index (χ3n) is 2.66. The average Bonchev–Trinajstić information content (AvgIpc) is 2.96. The number of alkyl halides is 3. The SMILES string of the molecule is NC(=S)c1ccc(-c2nn3c(C(F)(F)F)nnc3s2)cc1. The lowest BCUT2D eigenvalue weighted by molar-refractivity contribution is -0.146. The van der Waals surface area contributed by atoms with Crippen LogP contribution in [0.1, 0.15) is 11.4 Å². The number of thiocarbonyl (C=S) groups is 1. The van der Waals surface area contributed by atoms with Crippen LogP contribution in [0.25, 0.3) is 15.5 Å². The summed E-state index contributed by atoms with van der Waals surface area (Å²) in [4.78, 5) is 0.329. The molecule has 0 saturated heterocycles. The Hall–Kier alpha value is -2.07. The van der Waals surface area contributed by atoms with Crippen LogP contribution in [0.4, 0.5) is 13.2 Å². The maximum absolute atomic E-state index is 12.7. The number of hydrogen-bond donors (Lipinski definition) is 1. The fourth-order valence-corrected chi connectivity index (χ4v) is 2.67. The van der Waals surface area contributed by atoms with Gasteiger partial charge in [0.05, 0.1) is 0 Å². The second kappa shape index (κ2) is 4.74. The number of halogens is 3. The van der Waals surface area contributed by atoms with E-state index in [4.69, 9.17) is 18.0 Å². The molecule has 0 aliphatic heterocycles. The Morgan fingerprint density at radius 2 is 1.86 bits per heavy atom. The minimum atomic E-state index is -4.60. The lowest BCUT2D eigenvalue weighted by Gasteiger charge is -2.01. The quantitative estimate of drug-likeness (QED) is 0.732. The van der Waals surface area contributed by atoms with E-state index in [-0.39, 0.29) is 9.95 Å². The van der Waals surface area contributed by atoms with E-state index in [0.29, 0.717) is 20.6 Å². The molecule has 0 aliphatic carbocycles. The molecule has 0 bridgehead atoms. The Morgan fingerprint density at radius 3 is 2.43 bits per heavy atom. The van der Waals surface area contributed by atoms with Gasteiger partial charge in [0, 0.05) is 11.1 Å². The van der Waals surface area contributed by atoms with Crippen molar-refractivity contribution >= 4 is 33.5 Å². The highest BCUT2D eigenvalue weighted by Crippen LogP contribution is 2.31. The zero-order valence-electron chi connectivity index (χ0n) is 10.1. The lowest BCUT2D eigenvalue weighted by Crippen LogP contribution is -2.11. The number of nitrogens with two attached hydrogens (primary N) is 1. The van der Waals surface area contributed by atoms with Crippen molar-refractivity contribution in [1.82, 2.24) is 19.8 Å². The molecule has 0 atom stereocenters. The van der Waals surface area contributed by atoms with Crippen molar-refractivity contribution in [2.75, 3.05) is 0 Å². The van der Waals surface area contributed by atoms with E-state index in [2.05, 4.69) is 15.3 Å². The van der Waals surface area contributed by atoms with E-state index in [9.17, 15) is 13.2 Å². The second-order valence-corrected chi connectivity index (χ2v) is 5.46. The first-order chi connectivity index (χ1) is 9.86. The molecule has 2 aromatic heterocycles. The average molecular weight is 329 g/mol. The molecule has 21 heavy (non-hydrogen) atoms. The molecule has 2 heterocycles. The highest BCUT2D eigenvalue weighted by molar-refractivity contribution is 7.80. The van der Waals surface area contributed by atoms with Crippen LogP contribution in [0, 0.1) is 0 Å². The fraction of sp³-hybridized carbons (Fsp3) is 0.0909. The van der Waals surface area contributed by atoms with Crippen molar-refractivity contribution in [2.24, 2.45) is 5.73 Å². The molecule has 0 unspecified atom stereocenters. The molecule has 10 heteroatoms. The van der Waals surface area contributed by atoms with Crippen molar-refractivity contribution in [3.63, 3.8) is 0 Å². The van der Waals surface area contributed by atoms with Crippen LogP contribution in [-0.2, 0) is 6.18 Å². The summed E-state index contributed by atoms with van der Waals surface area (Å²) in [6.45, 7) is 0. The molecule has 0 radical (unpaired) electrons. The summed E-state index contributed by atoms with van der Waals surface area (Å²) in [5.74, 6) is -1.14. The van der Waals surface area contributed by atoms with Gasteiger partial charge in [-0.2, -0.15) is 22.8 Å². The highest BCUT2D eigenvalue weighted by Gasteiger charge is 2.38. The smallest absolute Gasteiger partial charge is 0.389 e. The molecule has 0 amide bonds. The van der Waals surface area contributed by atoms with Gasteiger partial charge in [0.25, 0.3) is 5.82 Å². The van der Waals surface area contributed by atoms with Gasteiger partial charge in [-0.15, -0.1) is 10.2 Å². The van der Waals surface area contributed by atoms with Gasteiger partial charge in [-0.3, -0.25) is 0 Å².